The predicted octanol–water partition coefficient (Wildman–Crippen LogP) is 4.67. The minimum atomic E-state index is -0.00633. The third kappa shape index (κ3) is 3.69. The molecule has 1 aliphatic carbocycles. The number of benzene rings is 1. The number of aryl methyl sites for hydroxylation is 1. The molecular weight excluding hydrogens is 394 g/mol. The van der Waals surface area contributed by atoms with Crippen LogP contribution in [0.5, 0.6) is 0 Å². The molecule has 0 saturated heterocycles. The van der Waals surface area contributed by atoms with Gasteiger partial charge < -0.3 is 10.1 Å². The van der Waals surface area contributed by atoms with E-state index >= 15 is 0 Å². The second-order valence-corrected chi connectivity index (χ2v) is 8.88. The Morgan fingerprint density at radius 3 is 2.89 bits per heavy atom. The quantitative estimate of drug-likeness (QED) is 0.592. The molecule has 0 aliphatic heterocycles. The zero-order chi connectivity index (χ0) is 19.7. The number of ether oxygens (including phenoxy) is 1. The predicted molar refractivity (Wildman–Crippen MR) is 116 cm³/mol. The third-order valence-corrected chi connectivity index (χ3v) is 6.66. The van der Waals surface area contributed by atoms with Crippen molar-refractivity contribution >= 4 is 39.1 Å². The lowest BCUT2D eigenvalue weighted by Gasteiger charge is -2.18. The van der Waals surface area contributed by atoms with Crippen molar-refractivity contribution in [2.45, 2.75) is 32.6 Å². The first kappa shape index (κ1) is 19.4. The van der Waals surface area contributed by atoms with Crippen molar-refractivity contribution in [1.29, 1.82) is 0 Å². The van der Waals surface area contributed by atoms with E-state index in [0.29, 0.717) is 30.0 Å². The second-order valence-electron chi connectivity index (χ2n) is 7.36. The molecule has 0 unspecified atom stereocenters. The lowest BCUT2D eigenvalue weighted by Crippen LogP contribution is -2.25. The Hall–Kier alpha value is -1.89. The van der Waals surface area contributed by atoms with Crippen molar-refractivity contribution in [2.75, 3.05) is 25.6 Å². The Bertz CT molecular complexity index is 1040. The number of hydrogen-bond acceptors (Lipinski definition) is 5. The third-order valence-electron chi connectivity index (χ3n) is 5.22. The number of aromatic nitrogens is 2. The highest BCUT2D eigenvalue weighted by Crippen LogP contribution is 2.36. The number of methoxy groups -OCH3 is 1. The van der Waals surface area contributed by atoms with E-state index < -0.39 is 0 Å². The molecular formula is C21H24ClN3O2S. The van der Waals surface area contributed by atoms with E-state index in [-0.39, 0.29) is 5.56 Å². The Labute approximate surface area is 173 Å². The zero-order valence-corrected chi connectivity index (χ0v) is 17.7. The van der Waals surface area contributed by atoms with Crippen molar-refractivity contribution in [1.82, 2.24) is 9.55 Å². The van der Waals surface area contributed by atoms with Crippen LogP contribution in [0.1, 0.15) is 30.2 Å². The molecule has 7 heteroatoms. The molecule has 1 aliphatic rings. The Morgan fingerprint density at radius 1 is 1.36 bits per heavy atom. The Balaban J connectivity index is 1.87. The van der Waals surface area contributed by atoms with E-state index in [1.807, 2.05) is 12.1 Å². The molecule has 0 saturated carbocycles. The van der Waals surface area contributed by atoms with Crippen molar-refractivity contribution in [3.63, 3.8) is 0 Å². The van der Waals surface area contributed by atoms with Gasteiger partial charge in [-0.25, -0.2) is 9.55 Å². The smallest absolute Gasteiger partial charge is 0.268 e. The van der Waals surface area contributed by atoms with Gasteiger partial charge in [-0.1, -0.05) is 18.5 Å². The number of thiophene rings is 1. The van der Waals surface area contributed by atoms with Crippen molar-refractivity contribution in [2.24, 2.45) is 5.92 Å². The van der Waals surface area contributed by atoms with E-state index in [1.54, 1.807) is 35.1 Å². The molecule has 0 spiro atoms. The van der Waals surface area contributed by atoms with Crippen molar-refractivity contribution in [3.8, 4) is 5.69 Å². The number of rotatable bonds is 6. The fourth-order valence-electron chi connectivity index (χ4n) is 3.76. The van der Waals surface area contributed by atoms with Crippen LogP contribution in [0.2, 0.25) is 5.02 Å². The molecule has 2 heterocycles. The van der Waals surface area contributed by atoms with Crippen LogP contribution in [-0.4, -0.2) is 29.8 Å². The molecule has 1 atom stereocenters. The van der Waals surface area contributed by atoms with Crippen molar-refractivity contribution < 1.29 is 4.74 Å². The molecule has 1 aromatic carbocycles. The lowest BCUT2D eigenvalue weighted by molar-refractivity contribution is 0.197. The summed E-state index contributed by atoms with van der Waals surface area (Å²) in [6.07, 6.45) is 4.00. The van der Waals surface area contributed by atoms with Gasteiger partial charge in [-0.15, -0.1) is 11.3 Å². The first-order valence-electron chi connectivity index (χ1n) is 9.64. The van der Waals surface area contributed by atoms with Gasteiger partial charge in [-0.3, -0.25) is 4.79 Å². The molecule has 0 fully saturated rings. The molecule has 5 nitrogen and oxygen atoms in total. The fourth-order valence-corrected chi connectivity index (χ4v) is 5.09. The lowest BCUT2D eigenvalue weighted by atomic mass is 9.89. The summed E-state index contributed by atoms with van der Waals surface area (Å²) < 4.78 is 6.80. The van der Waals surface area contributed by atoms with Gasteiger partial charge in [0.25, 0.3) is 5.56 Å². The van der Waals surface area contributed by atoms with Crippen LogP contribution < -0.4 is 10.9 Å². The van der Waals surface area contributed by atoms with Gasteiger partial charge in [-0.05, 0) is 61.4 Å². The van der Waals surface area contributed by atoms with Gasteiger partial charge in [0, 0.05) is 30.2 Å². The average molecular weight is 418 g/mol. The van der Waals surface area contributed by atoms with Crippen LogP contribution >= 0.6 is 22.9 Å². The zero-order valence-electron chi connectivity index (χ0n) is 16.1. The summed E-state index contributed by atoms with van der Waals surface area (Å²) >= 11 is 7.72. The second kappa shape index (κ2) is 8.23. The topological polar surface area (TPSA) is 56.1 Å². The molecule has 0 bridgehead atoms. The Morgan fingerprint density at radius 2 is 2.14 bits per heavy atom. The maximum atomic E-state index is 13.6. The molecule has 4 rings (SSSR count). The van der Waals surface area contributed by atoms with Crippen LogP contribution in [0.15, 0.2) is 29.1 Å². The molecule has 2 aromatic heterocycles. The minimum absolute atomic E-state index is 0.00633. The van der Waals surface area contributed by atoms with E-state index in [4.69, 9.17) is 21.3 Å². The Kier molecular flexibility index (Phi) is 5.71. The number of fused-ring (bicyclic) bond motifs is 3. The van der Waals surface area contributed by atoms with E-state index in [0.717, 1.165) is 35.2 Å². The van der Waals surface area contributed by atoms with Gasteiger partial charge in [-0.2, -0.15) is 0 Å². The summed E-state index contributed by atoms with van der Waals surface area (Å²) in [5.41, 5.74) is 1.96. The van der Waals surface area contributed by atoms with Crippen molar-refractivity contribution in [3.05, 3.63) is 50.1 Å². The van der Waals surface area contributed by atoms with Crippen LogP contribution in [-0.2, 0) is 17.6 Å². The standard InChI is InChI=1S/C21H24ClN3O2S/c1-13-4-9-17-16(12-13)18-19(28-17)24-21(23-10-3-11-27-2)25(20(18)26)15-7-5-14(22)6-8-15/h5-8,13H,3-4,9-12H2,1-2H3,(H,23,24)/t13-/m1/s1. The van der Waals surface area contributed by atoms with Crippen LogP contribution in [0.25, 0.3) is 15.9 Å². The highest BCUT2D eigenvalue weighted by molar-refractivity contribution is 7.18. The molecule has 0 radical (unpaired) electrons. The number of nitrogens with zero attached hydrogens (tertiary/aromatic N) is 2. The van der Waals surface area contributed by atoms with Gasteiger partial charge in [0.1, 0.15) is 4.83 Å². The van der Waals surface area contributed by atoms with Crippen LogP contribution in [0.4, 0.5) is 5.95 Å². The molecule has 3 aromatic rings. The van der Waals surface area contributed by atoms with E-state index in [9.17, 15) is 4.79 Å². The number of anilines is 1. The molecule has 0 amide bonds. The van der Waals surface area contributed by atoms with E-state index in [2.05, 4.69) is 12.2 Å². The van der Waals surface area contributed by atoms with Gasteiger partial charge >= 0.3 is 0 Å². The SMILES string of the molecule is COCCCNc1nc2sc3c(c2c(=O)n1-c1ccc(Cl)cc1)C[C@H](C)CC3. The maximum absolute atomic E-state index is 13.6. The molecule has 1 N–H and O–H groups in total. The molecule has 28 heavy (non-hydrogen) atoms. The van der Waals surface area contributed by atoms with Gasteiger partial charge in [0.05, 0.1) is 11.1 Å². The fraction of sp³-hybridized carbons (Fsp3) is 0.429. The summed E-state index contributed by atoms with van der Waals surface area (Å²) in [6.45, 7) is 3.59. The highest BCUT2D eigenvalue weighted by Gasteiger charge is 2.25. The van der Waals surface area contributed by atoms with Crippen LogP contribution in [0, 0.1) is 5.92 Å². The normalized spacial score (nSPS) is 16.3. The largest absolute Gasteiger partial charge is 0.385 e. The average Bonchev–Trinajstić information content (AvgIpc) is 3.04. The number of halogens is 1. The van der Waals surface area contributed by atoms with Gasteiger partial charge in [0.2, 0.25) is 5.95 Å². The van der Waals surface area contributed by atoms with Gasteiger partial charge in [0.15, 0.2) is 0 Å². The molecule has 148 valence electrons. The summed E-state index contributed by atoms with van der Waals surface area (Å²) in [4.78, 5) is 20.6. The van der Waals surface area contributed by atoms with Crippen LogP contribution in [0.3, 0.4) is 0 Å². The first-order valence-corrected chi connectivity index (χ1v) is 10.8. The van der Waals surface area contributed by atoms with E-state index in [1.165, 1.54) is 16.9 Å². The summed E-state index contributed by atoms with van der Waals surface area (Å²) in [7, 11) is 1.69. The maximum Gasteiger partial charge on any atom is 0.268 e. The number of nitrogens with one attached hydrogen (secondary N) is 1. The first-order chi connectivity index (χ1) is 13.6. The number of hydrogen-bond donors (Lipinski definition) is 1. The highest BCUT2D eigenvalue weighted by atomic mass is 35.5. The summed E-state index contributed by atoms with van der Waals surface area (Å²) in [5.74, 6) is 1.17. The minimum Gasteiger partial charge on any atom is -0.385 e. The monoisotopic (exact) mass is 417 g/mol. The summed E-state index contributed by atoms with van der Waals surface area (Å²) in [5, 5.41) is 4.75. The summed E-state index contributed by atoms with van der Waals surface area (Å²) in [6, 6.07) is 7.32.